The molecule has 2 aliphatic heterocycles. The quantitative estimate of drug-likeness (QED) is 0.675. The summed E-state index contributed by atoms with van der Waals surface area (Å²) in [6.07, 6.45) is 2.13. The van der Waals surface area contributed by atoms with E-state index in [9.17, 15) is 9.59 Å². The van der Waals surface area contributed by atoms with Crippen molar-refractivity contribution in [2.45, 2.75) is 39.7 Å². The minimum Gasteiger partial charge on any atom is -0.491 e. The number of imide groups is 1. The van der Waals surface area contributed by atoms with Crippen molar-refractivity contribution in [1.29, 1.82) is 0 Å². The standard InChI is InChI=1S/C22H30N2O4/c1-15(2)28-18-7-5-17(6-8-18)19-20(23-11-9-16(3)10-12-23)22(26)24(21(19)25)13-14-27-4/h5-8,15-16H,9-14H2,1-4H3. The number of rotatable bonds is 7. The molecule has 0 aromatic heterocycles. The molecule has 0 spiro atoms. The number of benzene rings is 1. The molecule has 152 valence electrons. The third-order valence-corrected chi connectivity index (χ3v) is 5.28. The molecule has 0 unspecified atom stereocenters. The molecule has 6 heteroatoms. The SMILES string of the molecule is COCCN1C(=O)C(c2ccc(OC(C)C)cc2)=C(N2CCC(C)CC2)C1=O. The third kappa shape index (κ3) is 4.22. The summed E-state index contributed by atoms with van der Waals surface area (Å²) in [5, 5.41) is 0. The van der Waals surface area contributed by atoms with Gasteiger partial charge in [0.05, 0.1) is 24.8 Å². The molecule has 0 bridgehead atoms. The van der Waals surface area contributed by atoms with Crippen LogP contribution in [-0.2, 0) is 14.3 Å². The van der Waals surface area contributed by atoms with Gasteiger partial charge in [0.1, 0.15) is 11.4 Å². The average Bonchev–Trinajstić information content (AvgIpc) is 2.91. The molecular weight excluding hydrogens is 356 g/mol. The minimum absolute atomic E-state index is 0.0789. The van der Waals surface area contributed by atoms with E-state index >= 15 is 0 Å². The highest BCUT2D eigenvalue weighted by molar-refractivity contribution is 6.35. The van der Waals surface area contributed by atoms with Crippen molar-refractivity contribution in [3.63, 3.8) is 0 Å². The predicted molar refractivity (Wildman–Crippen MR) is 108 cm³/mol. The van der Waals surface area contributed by atoms with E-state index in [1.165, 1.54) is 4.90 Å². The molecule has 0 aliphatic carbocycles. The predicted octanol–water partition coefficient (Wildman–Crippen LogP) is 2.93. The fraction of sp³-hybridized carbons (Fsp3) is 0.545. The van der Waals surface area contributed by atoms with Gasteiger partial charge in [-0.2, -0.15) is 0 Å². The Balaban J connectivity index is 1.95. The highest BCUT2D eigenvalue weighted by Crippen LogP contribution is 2.34. The van der Waals surface area contributed by atoms with Gasteiger partial charge in [-0.3, -0.25) is 14.5 Å². The second-order valence-corrected chi connectivity index (χ2v) is 7.84. The van der Waals surface area contributed by atoms with Crippen LogP contribution in [0.3, 0.4) is 0 Å². The average molecular weight is 386 g/mol. The first-order valence-corrected chi connectivity index (χ1v) is 10.0. The van der Waals surface area contributed by atoms with Crippen LogP contribution in [0.1, 0.15) is 39.2 Å². The second-order valence-electron chi connectivity index (χ2n) is 7.84. The van der Waals surface area contributed by atoms with Crippen LogP contribution in [0.5, 0.6) is 5.75 Å². The van der Waals surface area contributed by atoms with E-state index in [0.29, 0.717) is 23.8 Å². The molecule has 0 N–H and O–H groups in total. The highest BCUT2D eigenvalue weighted by Gasteiger charge is 2.41. The third-order valence-electron chi connectivity index (χ3n) is 5.28. The summed E-state index contributed by atoms with van der Waals surface area (Å²) in [5.41, 5.74) is 1.78. The maximum atomic E-state index is 13.1. The zero-order valence-electron chi connectivity index (χ0n) is 17.2. The highest BCUT2D eigenvalue weighted by atomic mass is 16.5. The molecule has 28 heavy (non-hydrogen) atoms. The van der Waals surface area contributed by atoms with Gasteiger partial charge < -0.3 is 14.4 Å². The van der Waals surface area contributed by atoms with Crippen molar-refractivity contribution in [1.82, 2.24) is 9.80 Å². The summed E-state index contributed by atoms with van der Waals surface area (Å²) in [6, 6.07) is 7.44. The van der Waals surface area contributed by atoms with Crippen LogP contribution in [0.15, 0.2) is 30.0 Å². The van der Waals surface area contributed by atoms with Gasteiger partial charge in [-0.25, -0.2) is 0 Å². The molecule has 1 aromatic rings. The van der Waals surface area contributed by atoms with Crippen molar-refractivity contribution < 1.29 is 19.1 Å². The summed E-state index contributed by atoms with van der Waals surface area (Å²) in [6.45, 7) is 8.36. The van der Waals surface area contributed by atoms with Crippen molar-refractivity contribution in [3.8, 4) is 5.75 Å². The molecule has 1 aromatic carbocycles. The second kappa shape index (κ2) is 8.78. The number of piperidine rings is 1. The Labute approximate surface area is 167 Å². The number of ether oxygens (including phenoxy) is 2. The summed E-state index contributed by atoms with van der Waals surface area (Å²) in [4.78, 5) is 29.7. The van der Waals surface area contributed by atoms with E-state index in [-0.39, 0.29) is 24.5 Å². The van der Waals surface area contributed by atoms with Crippen LogP contribution in [0, 0.1) is 5.92 Å². The largest absolute Gasteiger partial charge is 0.491 e. The van der Waals surface area contributed by atoms with E-state index in [4.69, 9.17) is 9.47 Å². The van der Waals surface area contributed by atoms with Crippen molar-refractivity contribution >= 4 is 17.4 Å². The lowest BCUT2D eigenvalue weighted by Crippen LogP contribution is -2.39. The number of hydrogen-bond donors (Lipinski definition) is 0. The smallest absolute Gasteiger partial charge is 0.277 e. The minimum atomic E-state index is -0.242. The van der Waals surface area contributed by atoms with Gasteiger partial charge in [-0.15, -0.1) is 0 Å². The Kier molecular flexibility index (Phi) is 6.39. The number of carbonyl (C=O) groups is 2. The number of nitrogens with zero attached hydrogens (tertiary/aromatic N) is 2. The lowest BCUT2D eigenvalue weighted by Gasteiger charge is -2.32. The number of methoxy groups -OCH3 is 1. The van der Waals surface area contributed by atoms with Gasteiger partial charge in [-0.05, 0) is 50.3 Å². The Hall–Kier alpha value is -2.34. The molecule has 2 amide bonds. The molecule has 0 atom stereocenters. The summed E-state index contributed by atoms with van der Waals surface area (Å²) in [5.74, 6) is 0.938. The van der Waals surface area contributed by atoms with E-state index in [1.54, 1.807) is 7.11 Å². The first kappa shape index (κ1) is 20.4. The van der Waals surface area contributed by atoms with Gasteiger partial charge in [-0.1, -0.05) is 19.1 Å². The van der Waals surface area contributed by atoms with Crippen LogP contribution in [0.25, 0.3) is 5.57 Å². The molecule has 1 saturated heterocycles. The van der Waals surface area contributed by atoms with Crippen molar-refractivity contribution in [2.75, 3.05) is 33.4 Å². The zero-order chi connectivity index (χ0) is 20.3. The lowest BCUT2D eigenvalue weighted by molar-refractivity contribution is -0.138. The summed E-state index contributed by atoms with van der Waals surface area (Å²) >= 11 is 0. The molecule has 2 heterocycles. The molecule has 1 fully saturated rings. The fourth-order valence-electron chi connectivity index (χ4n) is 3.71. The van der Waals surface area contributed by atoms with E-state index < -0.39 is 0 Å². The molecule has 6 nitrogen and oxygen atoms in total. The van der Waals surface area contributed by atoms with E-state index in [2.05, 4.69) is 11.8 Å². The van der Waals surface area contributed by atoms with Crippen LogP contribution >= 0.6 is 0 Å². The maximum Gasteiger partial charge on any atom is 0.277 e. The van der Waals surface area contributed by atoms with E-state index in [1.807, 2.05) is 38.1 Å². The van der Waals surface area contributed by atoms with Gasteiger partial charge in [0.15, 0.2) is 0 Å². The molecule has 0 radical (unpaired) electrons. The normalized spacial score (nSPS) is 18.6. The first-order chi connectivity index (χ1) is 13.4. The van der Waals surface area contributed by atoms with Crippen LogP contribution < -0.4 is 4.74 Å². The number of carbonyl (C=O) groups excluding carboxylic acids is 2. The Morgan fingerprint density at radius 1 is 1.07 bits per heavy atom. The fourth-order valence-corrected chi connectivity index (χ4v) is 3.71. The van der Waals surface area contributed by atoms with Crippen LogP contribution in [0.4, 0.5) is 0 Å². The summed E-state index contributed by atoms with van der Waals surface area (Å²) < 4.78 is 10.8. The first-order valence-electron chi connectivity index (χ1n) is 10.0. The van der Waals surface area contributed by atoms with Crippen molar-refractivity contribution in [2.24, 2.45) is 5.92 Å². The van der Waals surface area contributed by atoms with Crippen LogP contribution in [-0.4, -0.2) is 61.1 Å². The molecular formula is C22H30N2O4. The molecule has 0 saturated carbocycles. The Morgan fingerprint density at radius 3 is 2.29 bits per heavy atom. The molecule has 3 rings (SSSR count). The lowest BCUT2D eigenvalue weighted by atomic mass is 9.97. The van der Waals surface area contributed by atoms with Crippen LogP contribution in [0.2, 0.25) is 0 Å². The Bertz CT molecular complexity index is 746. The maximum absolute atomic E-state index is 13.1. The summed E-state index contributed by atoms with van der Waals surface area (Å²) in [7, 11) is 1.57. The number of likely N-dealkylation sites (tertiary alicyclic amines) is 1. The number of amides is 2. The van der Waals surface area contributed by atoms with Gasteiger partial charge in [0.2, 0.25) is 0 Å². The molecule has 2 aliphatic rings. The van der Waals surface area contributed by atoms with Gasteiger partial charge in [0, 0.05) is 20.2 Å². The number of hydrogen-bond acceptors (Lipinski definition) is 5. The Morgan fingerprint density at radius 2 is 1.71 bits per heavy atom. The topological polar surface area (TPSA) is 59.1 Å². The van der Waals surface area contributed by atoms with Crippen molar-refractivity contribution in [3.05, 3.63) is 35.5 Å². The van der Waals surface area contributed by atoms with Gasteiger partial charge in [0.25, 0.3) is 11.8 Å². The zero-order valence-corrected chi connectivity index (χ0v) is 17.2. The van der Waals surface area contributed by atoms with E-state index in [0.717, 1.165) is 37.2 Å². The van der Waals surface area contributed by atoms with Gasteiger partial charge >= 0.3 is 0 Å². The monoisotopic (exact) mass is 386 g/mol.